The third-order valence-electron chi connectivity index (χ3n) is 3.33. The van der Waals surface area contributed by atoms with E-state index in [9.17, 15) is 15.2 Å². The van der Waals surface area contributed by atoms with Crippen molar-refractivity contribution in [1.82, 2.24) is 0 Å². The first kappa shape index (κ1) is 14.2. The molecule has 1 fully saturated rings. The van der Waals surface area contributed by atoms with Crippen LogP contribution >= 0.6 is 11.3 Å². The summed E-state index contributed by atoms with van der Waals surface area (Å²) in [6.45, 7) is 0. The van der Waals surface area contributed by atoms with Crippen molar-refractivity contribution in [2.24, 2.45) is 5.92 Å². The minimum absolute atomic E-state index is 0.144. The molecule has 0 spiro atoms. The molecular formula is C17H11NO3S. The van der Waals surface area contributed by atoms with Crippen molar-refractivity contribution in [3.63, 3.8) is 0 Å². The van der Waals surface area contributed by atoms with Gasteiger partial charge in [-0.3, -0.25) is 0 Å². The predicted octanol–water partition coefficient (Wildman–Crippen LogP) is 3.45. The van der Waals surface area contributed by atoms with Gasteiger partial charge in [-0.15, -0.1) is 11.3 Å². The first-order chi connectivity index (χ1) is 10.6. The summed E-state index contributed by atoms with van der Waals surface area (Å²) in [4.78, 5) is 12.4. The van der Waals surface area contributed by atoms with Gasteiger partial charge in [0.2, 0.25) is 0 Å². The molecule has 4 nitrogen and oxygen atoms in total. The van der Waals surface area contributed by atoms with E-state index in [1.165, 1.54) is 23.5 Å². The molecule has 0 unspecified atom stereocenters. The number of phenols is 1. The van der Waals surface area contributed by atoms with Crippen LogP contribution in [-0.4, -0.2) is 16.2 Å². The largest absolute Gasteiger partial charge is 0.507 e. The molecule has 1 heterocycles. The number of rotatable bonds is 2. The smallest absolute Gasteiger partial charge is 0.339 e. The summed E-state index contributed by atoms with van der Waals surface area (Å²) >= 11 is 1.38. The maximum absolute atomic E-state index is 10.9. The Morgan fingerprint density at radius 2 is 2.09 bits per heavy atom. The Labute approximate surface area is 131 Å². The average Bonchev–Trinajstić information content (AvgIpc) is 3.23. The molecule has 1 aromatic heterocycles. The Morgan fingerprint density at radius 1 is 1.32 bits per heavy atom. The van der Waals surface area contributed by atoms with E-state index in [1.54, 1.807) is 12.1 Å². The zero-order valence-corrected chi connectivity index (χ0v) is 12.3. The summed E-state index contributed by atoms with van der Waals surface area (Å²) in [6, 6.07) is 8.22. The highest BCUT2D eigenvalue weighted by Crippen LogP contribution is 2.34. The Balaban J connectivity index is 1.99. The molecule has 2 N–H and O–H groups in total. The Morgan fingerprint density at radius 3 is 2.68 bits per heavy atom. The van der Waals surface area contributed by atoms with Gasteiger partial charge in [-0.2, -0.15) is 5.26 Å². The van der Waals surface area contributed by atoms with Gasteiger partial charge in [-0.25, -0.2) is 4.79 Å². The number of thiophene rings is 1. The highest BCUT2D eigenvalue weighted by Gasteiger charge is 2.18. The summed E-state index contributed by atoms with van der Waals surface area (Å²) in [7, 11) is 0. The van der Waals surface area contributed by atoms with Gasteiger partial charge >= 0.3 is 5.97 Å². The molecule has 5 heteroatoms. The number of aromatic hydroxyl groups is 1. The van der Waals surface area contributed by atoms with E-state index >= 15 is 0 Å². The number of nitriles is 1. The molecule has 0 radical (unpaired) electrons. The molecule has 0 amide bonds. The Bertz CT molecular complexity index is 860. The summed E-state index contributed by atoms with van der Waals surface area (Å²) in [5.41, 5.74) is 1.04. The predicted molar refractivity (Wildman–Crippen MR) is 82.7 cm³/mol. The molecule has 0 aliphatic heterocycles. The van der Waals surface area contributed by atoms with Crippen LogP contribution in [0.5, 0.6) is 5.75 Å². The Hall–Kier alpha value is -2.76. The maximum atomic E-state index is 10.9. The minimum atomic E-state index is -1.18. The van der Waals surface area contributed by atoms with Crippen molar-refractivity contribution in [2.75, 3.05) is 0 Å². The molecule has 0 bridgehead atoms. The van der Waals surface area contributed by atoms with Crippen molar-refractivity contribution in [1.29, 1.82) is 5.26 Å². The fraction of sp³-hybridized carbons (Fsp3) is 0.176. The molecule has 0 saturated heterocycles. The van der Waals surface area contributed by atoms with Crippen LogP contribution in [0, 0.1) is 29.1 Å². The second-order valence-corrected chi connectivity index (χ2v) is 6.10. The van der Waals surface area contributed by atoms with Crippen LogP contribution in [0.1, 0.15) is 33.6 Å². The fourth-order valence-corrected chi connectivity index (χ4v) is 2.94. The van der Waals surface area contributed by atoms with E-state index in [0.29, 0.717) is 21.9 Å². The van der Waals surface area contributed by atoms with Gasteiger partial charge in [0.25, 0.3) is 0 Å². The van der Waals surface area contributed by atoms with Gasteiger partial charge in [0.15, 0.2) is 0 Å². The topological polar surface area (TPSA) is 81.3 Å². The molecule has 108 valence electrons. The van der Waals surface area contributed by atoms with E-state index in [-0.39, 0.29) is 11.3 Å². The molecule has 1 aliphatic rings. The van der Waals surface area contributed by atoms with Crippen molar-refractivity contribution in [2.45, 2.75) is 12.8 Å². The average molecular weight is 309 g/mol. The van der Waals surface area contributed by atoms with Gasteiger partial charge in [0.1, 0.15) is 17.4 Å². The highest BCUT2D eigenvalue weighted by molar-refractivity contribution is 7.16. The van der Waals surface area contributed by atoms with Gasteiger partial charge in [-0.05, 0) is 36.6 Å². The summed E-state index contributed by atoms with van der Waals surface area (Å²) < 4.78 is 0. The summed E-state index contributed by atoms with van der Waals surface area (Å²) in [5, 5.41) is 27.9. The molecule has 2 aromatic rings. The quantitative estimate of drug-likeness (QED) is 0.832. The van der Waals surface area contributed by atoms with Crippen molar-refractivity contribution in [3.8, 4) is 34.1 Å². The number of nitrogens with zero attached hydrogens (tertiary/aromatic N) is 1. The van der Waals surface area contributed by atoms with Crippen molar-refractivity contribution < 1.29 is 15.0 Å². The van der Waals surface area contributed by atoms with Crippen molar-refractivity contribution >= 4 is 17.3 Å². The number of benzene rings is 1. The third kappa shape index (κ3) is 2.81. The number of carbonyl (C=O) groups is 1. The van der Waals surface area contributed by atoms with E-state index < -0.39 is 5.97 Å². The van der Waals surface area contributed by atoms with Crippen LogP contribution in [0.15, 0.2) is 24.3 Å². The third-order valence-corrected chi connectivity index (χ3v) is 4.43. The Kier molecular flexibility index (Phi) is 3.58. The second-order valence-electron chi connectivity index (χ2n) is 5.05. The zero-order chi connectivity index (χ0) is 15.7. The minimum Gasteiger partial charge on any atom is -0.507 e. The molecule has 1 aliphatic carbocycles. The lowest BCUT2D eigenvalue weighted by Gasteiger charge is -2.02. The number of aromatic carboxylic acids is 1. The maximum Gasteiger partial charge on any atom is 0.339 e. The highest BCUT2D eigenvalue weighted by atomic mass is 32.1. The van der Waals surface area contributed by atoms with Crippen LogP contribution in [-0.2, 0) is 0 Å². The van der Waals surface area contributed by atoms with Crippen LogP contribution in [0.2, 0.25) is 0 Å². The molecule has 1 saturated carbocycles. The summed E-state index contributed by atoms with van der Waals surface area (Å²) in [6.07, 6.45) is 2.25. The molecule has 22 heavy (non-hydrogen) atoms. The fourth-order valence-electron chi connectivity index (χ4n) is 1.97. The number of hydrogen-bond acceptors (Lipinski definition) is 4. The van der Waals surface area contributed by atoms with Gasteiger partial charge in [-0.1, -0.05) is 17.9 Å². The zero-order valence-electron chi connectivity index (χ0n) is 11.5. The lowest BCUT2D eigenvalue weighted by Crippen LogP contribution is -1.96. The van der Waals surface area contributed by atoms with Crippen LogP contribution in [0.4, 0.5) is 0 Å². The standard InChI is InChI=1S/C17H11NO3S/c18-9-12-8-16(22-15(12)6-3-10-1-2-10)11-4-5-13(17(20)21)14(19)7-11/h4-5,7-8,10,19H,1-2H2,(H,20,21). The second kappa shape index (κ2) is 5.55. The van der Waals surface area contributed by atoms with Crippen molar-refractivity contribution in [3.05, 3.63) is 40.3 Å². The van der Waals surface area contributed by atoms with E-state index in [4.69, 9.17) is 5.11 Å². The summed E-state index contributed by atoms with van der Waals surface area (Å²) in [5.74, 6) is 5.17. The SMILES string of the molecule is N#Cc1cc(-c2ccc(C(=O)O)c(O)c2)sc1C#CC1CC1. The van der Waals surface area contributed by atoms with Gasteiger partial charge < -0.3 is 10.2 Å². The lowest BCUT2D eigenvalue weighted by molar-refractivity contribution is 0.0694. The molecule has 0 atom stereocenters. The number of hydrogen-bond donors (Lipinski definition) is 2. The molecule has 3 rings (SSSR count). The number of carboxylic acid groups (broad SMARTS) is 1. The van der Waals surface area contributed by atoms with E-state index in [0.717, 1.165) is 17.7 Å². The first-order valence-corrected chi connectivity index (χ1v) is 7.52. The normalized spacial score (nSPS) is 13.0. The van der Waals surface area contributed by atoms with E-state index in [2.05, 4.69) is 17.9 Å². The molecule has 1 aromatic carbocycles. The lowest BCUT2D eigenvalue weighted by atomic mass is 10.1. The monoisotopic (exact) mass is 309 g/mol. The van der Waals surface area contributed by atoms with Gasteiger partial charge in [0, 0.05) is 10.8 Å². The van der Waals surface area contributed by atoms with Gasteiger partial charge in [0.05, 0.1) is 10.4 Å². The van der Waals surface area contributed by atoms with Crippen LogP contribution in [0.3, 0.4) is 0 Å². The number of carboxylic acids is 1. The van der Waals surface area contributed by atoms with E-state index in [1.807, 2.05) is 0 Å². The molecular weight excluding hydrogens is 298 g/mol. The van der Waals surface area contributed by atoms with Crippen LogP contribution in [0.25, 0.3) is 10.4 Å². The van der Waals surface area contributed by atoms with Crippen LogP contribution < -0.4 is 0 Å². The first-order valence-electron chi connectivity index (χ1n) is 6.70.